The zero-order valence-corrected chi connectivity index (χ0v) is 11.7. The maximum Gasteiger partial charge on any atom is 0.253 e. The van der Waals surface area contributed by atoms with Gasteiger partial charge < -0.3 is 16.8 Å². The highest BCUT2D eigenvalue weighted by molar-refractivity contribution is 8.06. The van der Waals surface area contributed by atoms with Gasteiger partial charge in [-0.3, -0.25) is 4.79 Å². The highest BCUT2D eigenvalue weighted by Gasteiger charge is 2.16. The Morgan fingerprint density at radius 2 is 2.22 bits per heavy atom. The molecule has 1 aromatic rings. The summed E-state index contributed by atoms with van der Waals surface area (Å²) in [5, 5.41) is 3.44. The molecule has 98 valence electrons. The number of carbonyl (C=O) groups excluding carboxylic acids is 1. The van der Waals surface area contributed by atoms with Crippen molar-refractivity contribution in [2.24, 2.45) is 0 Å². The number of hydrogen-bond donors (Lipinski definition) is 3. The van der Waals surface area contributed by atoms with E-state index in [0.717, 1.165) is 11.5 Å². The maximum absolute atomic E-state index is 12.0. The number of nitrogens with two attached hydrogens (primary N) is 2. The van der Waals surface area contributed by atoms with Crippen LogP contribution in [-0.2, 0) is 0 Å². The van der Waals surface area contributed by atoms with E-state index in [2.05, 4.69) is 5.32 Å². The van der Waals surface area contributed by atoms with Crippen LogP contribution >= 0.6 is 23.5 Å². The fourth-order valence-electron chi connectivity index (χ4n) is 1.74. The Kier molecular flexibility index (Phi) is 4.66. The zero-order valence-electron chi connectivity index (χ0n) is 10.0. The van der Waals surface area contributed by atoms with E-state index in [4.69, 9.17) is 11.5 Å². The average molecular weight is 283 g/mol. The van der Waals surface area contributed by atoms with Gasteiger partial charge in [-0.2, -0.15) is 23.5 Å². The van der Waals surface area contributed by atoms with Gasteiger partial charge in [0.1, 0.15) is 0 Å². The molecule has 1 amide bonds. The molecule has 0 bridgehead atoms. The highest BCUT2D eigenvalue weighted by Crippen LogP contribution is 2.23. The fraction of sp³-hybridized carbons (Fsp3) is 0.417. The molecule has 0 aliphatic carbocycles. The van der Waals surface area contributed by atoms with Crippen LogP contribution in [0.2, 0.25) is 0 Å². The Labute approximate surface area is 115 Å². The second kappa shape index (κ2) is 6.24. The van der Waals surface area contributed by atoms with Crippen molar-refractivity contribution in [1.82, 2.24) is 5.32 Å². The van der Waals surface area contributed by atoms with Gasteiger partial charge in [0.05, 0.1) is 5.56 Å². The Balaban J connectivity index is 1.90. The summed E-state index contributed by atoms with van der Waals surface area (Å²) in [6.45, 7) is 0.695. The van der Waals surface area contributed by atoms with Crippen molar-refractivity contribution in [2.45, 2.75) is 5.25 Å². The van der Waals surface area contributed by atoms with Crippen molar-refractivity contribution < 1.29 is 4.79 Å². The summed E-state index contributed by atoms with van der Waals surface area (Å²) in [7, 11) is 0. The topological polar surface area (TPSA) is 81.1 Å². The molecule has 6 heteroatoms. The van der Waals surface area contributed by atoms with Crippen molar-refractivity contribution >= 4 is 40.8 Å². The van der Waals surface area contributed by atoms with Crippen LogP contribution in [0.5, 0.6) is 0 Å². The number of rotatable bonds is 3. The molecule has 1 aromatic carbocycles. The van der Waals surface area contributed by atoms with Crippen molar-refractivity contribution in [3.05, 3.63) is 23.8 Å². The summed E-state index contributed by atoms with van der Waals surface area (Å²) in [6, 6.07) is 4.97. The summed E-state index contributed by atoms with van der Waals surface area (Å²) in [6.07, 6.45) is 0. The van der Waals surface area contributed by atoms with Crippen molar-refractivity contribution in [2.75, 3.05) is 35.3 Å². The lowest BCUT2D eigenvalue weighted by Gasteiger charge is -2.21. The normalized spacial score (nSPS) is 19.4. The minimum absolute atomic E-state index is 0.122. The van der Waals surface area contributed by atoms with Crippen molar-refractivity contribution in [3.63, 3.8) is 0 Å². The number of nitrogens with one attached hydrogen (secondary N) is 1. The predicted octanol–water partition coefficient (Wildman–Crippen LogP) is 1.43. The van der Waals surface area contributed by atoms with Gasteiger partial charge in [0.25, 0.3) is 5.91 Å². The molecule has 1 aliphatic rings. The third-order valence-electron chi connectivity index (χ3n) is 2.70. The third-order valence-corrected chi connectivity index (χ3v) is 5.54. The first-order valence-electron chi connectivity index (χ1n) is 5.79. The number of benzene rings is 1. The first-order chi connectivity index (χ1) is 8.66. The van der Waals surface area contributed by atoms with Crippen molar-refractivity contribution in [1.29, 1.82) is 0 Å². The molecule has 1 saturated heterocycles. The maximum atomic E-state index is 12.0. The first-order valence-corrected chi connectivity index (χ1v) is 7.99. The second-order valence-electron chi connectivity index (χ2n) is 4.12. The minimum atomic E-state index is -0.122. The molecule has 1 atom stereocenters. The van der Waals surface area contributed by atoms with Gasteiger partial charge in [-0.25, -0.2) is 0 Å². The Hall–Kier alpha value is -1.01. The SMILES string of the molecule is Nc1ccc(C(=O)NCC2CSCCS2)c(N)c1. The molecule has 0 saturated carbocycles. The van der Waals surface area contributed by atoms with Gasteiger partial charge in [0, 0.05) is 40.4 Å². The predicted molar refractivity (Wildman–Crippen MR) is 81.2 cm³/mol. The van der Waals surface area contributed by atoms with Crippen LogP contribution in [0.1, 0.15) is 10.4 Å². The van der Waals surface area contributed by atoms with Gasteiger partial charge in [-0.05, 0) is 18.2 Å². The molecule has 1 heterocycles. The van der Waals surface area contributed by atoms with Crippen LogP contribution in [0.15, 0.2) is 18.2 Å². The monoisotopic (exact) mass is 283 g/mol. The summed E-state index contributed by atoms with van der Waals surface area (Å²) >= 11 is 3.86. The minimum Gasteiger partial charge on any atom is -0.399 e. The first kappa shape index (κ1) is 13.4. The largest absolute Gasteiger partial charge is 0.399 e. The Bertz CT molecular complexity index is 433. The van der Waals surface area contributed by atoms with Gasteiger partial charge in [-0.1, -0.05) is 0 Å². The van der Waals surface area contributed by atoms with Crippen LogP contribution in [-0.4, -0.2) is 35.0 Å². The summed E-state index contributed by atoms with van der Waals surface area (Å²) < 4.78 is 0. The highest BCUT2D eigenvalue weighted by atomic mass is 32.2. The molecule has 4 nitrogen and oxygen atoms in total. The van der Waals surface area contributed by atoms with E-state index in [0.29, 0.717) is 28.7 Å². The smallest absolute Gasteiger partial charge is 0.253 e. The van der Waals surface area contributed by atoms with Gasteiger partial charge in [0.15, 0.2) is 0 Å². The fourth-order valence-corrected chi connectivity index (χ4v) is 4.36. The summed E-state index contributed by atoms with van der Waals surface area (Å²) in [5.74, 6) is 3.35. The van der Waals surface area contributed by atoms with E-state index in [-0.39, 0.29) is 5.91 Å². The van der Waals surface area contributed by atoms with E-state index < -0.39 is 0 Å². The lowest BCUT2D eigenvalue weighted by atomic mass is 10.1. The molecule has 1 unspecified atom stereocenters. The molecule has 18 heavy (non-hydrogen) atoms. The van der Waals surface area contributed by atoms with Gasteiger partial charge >= 0.3 is 0 Å². The third kappa shape index (κ3) is 3.49. The molecule has 0 spiro atoms. The van der Waals surface area contributed by atoms with Gasteiger partial charge in [0.2, 0.25) is 0 Å². The molecule has 0 aromatic heterocycles. The molecule has 2 rings (SSSR count). The molecular formula is C12H17N3OS2. The Morgan fingerprint density at radius 1 is 1.39 bits per heavy atom. The van der Waals surface area contributed by atoms with E-state index in [1.165, 1.54) is 5.75 Å². The van der Waals surface area contributed by atoms with Gasteiger partial charge in [-0.15, -0.1) is 0 Å². The Morgan fingerprint density at radius 3 is 2.89 bits per heavy atom. The zero-order chi connectivity index (χ0) is 13.0. The number of carbonyl (C=O) groups is 1. The molecule has 1 fully saturated rings. The van der Waals surface area contributed by atoms with Crippen LogP contribution < -0.4 is 16.8 Å². The molecule has 5 N–H and O–H groups in total. The molecule has 0 radical (unpaired) electrons. The summed E-state index contributed by atoms with van der Waals surface area (Å²) in [4.78, 5) is 12.0. The number of nitrogen functional groups attached to an aromatic ring is 2. The van der Waals surface area contributed by atoms with E-state index >= 15 is 0 Å². The molecule has 1 aliphatic heterocycles. The van der Waals surface area contributed by atoms with Crippen LogP contribution in [0.25, 0.3) is 0 Å². The van der Waals surface area contributed by atoms with Crippen LogP contribution in [0.4, 0.5) is 11.4 Å². The van der Waals surface area contributed by atoms with E-state index in [1.54, 1.807) is 18.2 Å². The van der Waals surface area contributed by atoms with Crippen LogP contribution in [0.3, 0.4) is 0 Å². The number of thioether (sulfide) groups is 2. The number of amides is 1. The number of hydrogen-bond acceptors (Lipinski definition) is 5. The lowest BCUT2D eigenvalue weighted by molar-refractivity contribution is 0.0955. The van der Waals surface area contributed by atoms with E-state index in [1.807, 2.05) is 23.5 Å². The quantitative estimate of drug-likeness (QED) is 0.731. The van der Waals surface area contributed by atoms with E-state index in [9.17, 15) is 4.79 Å². The van der Waals surface area contributed by atoms with Crippen LogP contribution in [0, 0.1) is 0 Å². The summed E-state index contributed by atoms with van der Waals surface area (Å²) in [5.41, 5.74) is 12.9. The number of anilines is 2. The van der Waals surface area contributed by atoms with Crippen molar-refractivity contribution in [3.8, 4) is 0 Å². The standard InChI is InChI=1S/C12H17N3OS2/c13-8-1-2-10(11(14)5-8)12(16)15-6-9-7-17-3-4-18-9/h1-2,5,9H,3-4,6-7,13-14H2,(H,15,16). The molecular weight excluding hydrogens is 266 g/mol. The lowest BCUT2D eigenvalue weighted by Crippen LogP contribution is -2.33. The second-order valence-corrected chi connectivity index (χ2v) is 6.68. The average Bonchev–Trinajstić information content (AvgIpc) is 2.37.